The van der Waals surface area contributed by atoms with Crippen LogP contribution in [0.2, 0.25) is 0 Å². The first kappa shape index (κ1) is 26.0. The number of allylic oxidation sites excluding steroid dienone is 2. The lowest BCUT2D eigenvalue weighted by molar-refractivity contribution is 0.0922. The number of fused-ring (bicyclic) bond motifs is 1. The van der Waals surface area contributed by atoms with Crippen LogP contribution in [0.15, 0.2) is 46.3 Å². The summed E-state index contributed by atoms with van der Waals surface area (Å²) in [4.78, 5) is 22.3. The molecular formula is C28H44N2O3. The van der Waals surface area contributed by atoms with Gasteiger partial charge in [-0.05, 0) is 105 Å². The maximum absolute atomic E-state index is 11.3. The number of hydrogen-bond acceptors (Lipinski definition) is 5. The number of hydrogen-bond donors (Lipinski definition) is 1. The van der Waals surface area contributed by atoms with Crippen molar-refractivity contribution in [1.29, 1.82) is 0 Å². The van der Waals surface area contributed by atoms with E-state index in [-0.39, 0.29) is 5.92 Å². The average molecular weight is 457 g/mol. The Morgan fingerprint density at radius 2 is 1.97 bits per heavy atom. The molecule has 184 valence electrons. The van der Waals surface area contributed by atoms with Crippen molar-refractivity contribution in [3.8, 4) is 0 Å². The van der Waals surface area contributed by atoms with E-state index in [0.717, 1.165) is 43.6 Å². The molecule has 3 saturated carbocycles. The first-order valence-corrected chi connectivity index (χ1v) is 13.0. The summed E-state index contributed by atoms with van der Waals surface area (Å²) in [5.41, 5.74) is 2.76. The topological polar surface area (TPSA) is 79.1 Å². The maximum atomic E-state index is 11.3. The van der Waals surface area contributed by atoms with Crippen molar-refractivity contribution in [3.63, 3.8) is 0 Å². The van der Waals surface area contributed by atoms with Gasteiger partial charge in [-0.2, -0.15) is 4.91 Å². The van der Waals surface area contributed by atoms with Crippen molar-refractivity contribution in [2.24, 2.45) is 39.4 Å². The Kier molecular flexibility index (Phi) is 8.14. The number of rotatable bonds is 9. The second kappa shape index (κ2) is 10.3. The van der Waals surface area contributed by atoms with Crippen molar-refractivity contribution in [3.05, 3.63) is 45.8 Å². The minimum absolute atomic E-state index is 0.0831. The summed E-state index contributed by atoms with van der Waals surface area (Å²) in [7, 11) is 0. The Morgan fingerprint density at radius 1 is 1.24 bits per heavy atom. The molecule has 0 radical (unpaired) electrons. The van der Waals surface area contributed by atoms with Crippen molar-refractivity contribution in [2.45, 2.75) is 110 Å². The van der Waals surface area contributed by atoms with E-state index in [1.165, 1.54) is 25.7 Å². The zero-order valence-corrected chi connectivity index (χ0v) is 21.2. The average Bonchev–Trinajstić information content (AvgIpc) is 3.13. The van der Waals surface area contributed by atoms with E-state index in [0.29, 0.717) is 29.2 Å². The van der Waals surface area contributed by atoms with Crippen LogP contribution in [0.5, 0.6) is 0 Å². The number of aliphatic hydroxyl groups is 1. The fraction of sp³-hybridized carbons (Fsp3) is 0.786. The lowest BCUT2D eigenvalue weighted by Gasteiger charge is -2.44. The summed E-state index contributed by atoms with van der Waals surface area (Å²) in [5.74, 6) is 2.08. The molecule has 3 rings (SSSR count). The monoisotopic (exact) mass is 456 g/mol. The van der Waals surface area contributed by atoms with Crippen LogP contribution < -0.4 is 0 Å². The Balaban J connectivity index is 1.65. The quantitative estimate of drug-likeness (QED) is 0.288. The Morgan fingerprint density at radius 3 is 2.64 bits per heavy atom. The van der Waals surface area contributed by atoms with Crippen LogP contribution in [0.4, 0.5) is 0 Å². The summed E-state index contributed by atoms with van der Waals surface area (Å²) < 4.78 is 0. The summed E-state index contributed by atoms with van der Waals surface area (Å²) in [6.45, 7) is 16.8. The van der Waals surface area contributed by atoms with Gasteiger partial charge in [-0.15, -0.1) is 4.91 Å². The van der Waals surface area contributed by atoms with Crippen LogP contribution in [0.25, 0.3) is 0 Å². The fourth-order valence-corrected chi connectivity index (χ4v) is 7.26. The Labute approximate surface area is 200 Å². The molecule has 0 aromatic heterocycles. The summed E-state index contributed by atoms with van der Waals surface area (Å²) >= 11 is 0. The predicted octanol–water partition coefficient (Wildman–Crippen LogP) is 7.50. The molecule has 7 atom stereocenters. The van der Waals surface area contributed by atoms with E-state index in [1.807, 2.05) is 13.8 Å². The first-order chi connectivity index (χ1) is 15.5. The Hall–Kier alpha value is -1.62. The smallest absolute Gasteiger partial charge is 0.136 e. The molecule has 3 aliphatic rings. The maximum Gasteiger partial charge on any atom is 0.136 e. The van der Waals surface area contributed by atoms with Crippen LogP contribution in [0.3, 0.4) is 0 Å². The molecule has 3 aliphatic carbocycles. The molecule has 33 heavy (non-hydrogen) atoms. The predicted molar refractivity (Wildman–Crippen MR) is 136 cm³/mol. The highest BCUT2D eigenvalue weighted by Crippen LogP contribution is 2.60. The normalized spacial score (nSPS) is 37.1. The number of aliphatic hydroxyl groups excluding tert-OH is 1. The van der Waals surface area contributed by atoms with Gasteiger partial charge >= 0.3 is 0 Å². The van der Waals surface area contributed by atoms with Gasteiger partial charge < -0.3 is 5.11 Å². The molecule has 0 bridgehead atoms. The molecule has 0 aromatic carbocycles. The lowest BCUT2D eigenvalue weighted by atomic mass is 9.60. The molecule has 3 fully saturated rings. The molecule has 0 heterocycles. The summed E-state index contributed by atoms with van der Waals surface area (Å²) in [6.07, 6.45) is 12.4. The van der Waals surface area contributed by atoms with Gasteiger partial charge in [0, 0.05) is 0 Å². The molecule has 0 aliphatic heterocycles. The van der Waals surface area contributed by atoms with Crippen LogP contribution in [-0.4, -0.2) is 22.8 Å². The number of nitroso groups, excluding NO2 is 2. The molecule has 1 N–H and O–H groups in total. The third-order valence-corrected chi connectivity index (χ3v) is 9.35. The van der Waals surface area contributed by atoms with Crippen LogP contribution in [0.1, 0.15) is 91.9 Å². The molecule has 0 spiro atoms. The second-order valence-corrected chi connectivity index (χ2v) is 12.0. The van der Waals surface area contributed by atoms with Gasteiger partial charge in [0.15, 0.2) is 0 Å². The zero-order valence-electron chi connectivity index (χ0n) is 21.2. The van der Waals surface area contributed by atoms with E-state index < -0.39 is 17.7 Å². The van der Waals surface area contributed by atoms with Crippen LogP contribution >= 0.6 is 0 Å². The SMILES string of the molecule is C=C1C(C/C=C2\CCC[C@@]3(C)C2CCC3[C@H](C)CCCC(C)(C)N=O)C[C@@H](O)C(=C)[C@@H]1N=O. The number of nitrogens with zero attached hydrogens (tertiary/aromatic N) is 2. The van der Waals surface area contributed by atoms with Crippen LogP contribution in [-0.2, 0) is 0 Å². The van der Waals surface area contributed by atoms with Gasteiger partial charge in [0.25, 0.3) is 0 Å². The highest BCUT2D eigenvalue weighted by atomic mass is 16.3. The standard InChI is InChI=1S/C28H44N2O3/c1-18(9-7-15-27(4,5)30-33)23-13-14-24-21(10-8-16-28(23,24)6)11-12-22-17-25(31)20(3)26(29-32)19(22)2/h11,18,22-26,31H,2-3,7-10,12-17H2,1,4-6H3/b21-11+/t18-,22?,23?,24?,25-,26-,28-/m1/s1. The molecule has 0 aromatic rings. The van der Waals surface area contributed by atoms with Gasteiger partial charge in [0.1, 0.15) is 6.04 Å². The molecule has 0 saturated heterocycles. The Bertz CT molecular complexity index is 801. The second-order valence-electron chi connectivity index (χ2n) is 12.0. The van der Waals surface area contributed by atoms with Gasteiger partial charge in [0.05, 0.1) is 11.6 Å². The summed E-state index contributed by atoms with van der Waals surface area (Å²) in [5, 5.41) is 16.8. The van der Waals surface area contributed by atoms with Crippen molar-refractivity contribution in [2.75, 3.05) is 0 Å². The van der Waals surface area contributed by atoms with Gasteiger partial charge in [-0.25, -0.2) is 0 Å². The molecule has 5 nitrogen and oxygen atoms in total. The van der Waals surface area contributed by atoms with Crippen molar-refractivity contribution in [1.82, 2.24) is 0 Å². The molecule has 5 heteroatoms. The largest absolute Gasteiger partial charge is 0.389 e. The van der Waals surface area contributed by atoms with E-state index in [9.17, 15) is 14.9 Å². The molecule has 3 unspecified atom stereocenters. The van der Waals surface area contributed by atoms with E-state index in [4.69, 9.17) is 0 Å². The van der Waals surface area contributed by atoms with Gasteiger partial charge in [-0.3, -0.25) is 0 Å². The summed E-state index contributed by atoms with van der Waals surface area (Å²) in [6, 6.07) is -0.662. The van der Waals surface area contributed by atoms with E-state index in [1.54, 1.807) is 5.57 Å². The molecular weight excluding hydrogens is 412 g/mol. The fourth-order valence-electron chi connectivity index (χ4n) is 7.26. The van der Waals surface area contributed by atoms with Gasteiger partial charge in [0.2, 0.25) is 0 Å². The highest BCUT2D eigenvalue weighted by molar-refractivity contribution is 5.32. The highest BCUT2D eigenvalue weighted by Gasteiger charge is 2.50. The first-order valence-electron chi connectivity index (χ1n) is 13.0. The van der Waals surface area contributed by atoms with Crippen LogP contribution in [0, 0.1) is 38.9 Å². The third-order valence-electron chi connectivity index (χ3n) is 9.35. The minimum atomic E-state index is -0.672. The third kappa shape index (κ3) is 5.39. The van der Waals surface area contributed by atoms with Crippen molar-refractivity contribution >= 4 is 0 Å². The van der Waals surface area contributed by atoms with Crippen molar-refractivity contribution < 1.29 is 5.11 Å². The van der Waals surface area contributed by atoms with E-state index in [2.05, 4.69) is 43.4 Å². The molecule has 0 amide bonds. The zero-order chi connectivity index (χ0) is 24.4. The van der Waals surface area contributed by atoms with E-state index >= 15 is 0 Å². The van der Waals surface area contributed by atoms with Gasteiger partial charge in [-0.1, -0.05) is 61.8 Å². The lowest BCUT2D eigenvalue weighted by Crippen LogP contribution is -2.36. The minimum Gasteiger partial charge on any atom is -0.389 e.